The van der Waals surface area contributed by atoms with Gasteiger partial charge in [-0.25, -0.2) is 0 Å². The van der Waals surface area contributed by atoms with Crippen molar-refractivity contribution in [2.45, 2.75) is 309 Å². The summed E-state index contributed by atoms with van der Waals surface area (Å²) in [6.07, 6.45) is 52.3. The molecule has 0 unspecified atom stereocenters. The number of unbranched alkanes of at least 4 members (excludes halogenated alkanes) is 38. The normalized spacial score (nSPS) is 11.8. The molecule has 0 aliphatic rings. The molecule has 350 valence electrons. The molecule has 59 heavy (non-hydrogen) atoms. The quantitative estimate of drug-likeness (QED) is 0.0345. The second-order valence-corrected chi connectivity index (χ2v) is 18.2. The molecular formula is C53H102O6. The third kappa shape index (κ3) is 47.3. The number of ether oxygens (including phenoxy) is 3. The van der Waals surface area contributed by atoms with Crippen molar-refractivity contribution in [3.05, 3.63) is 0 Å². The molecule has 0 saturated carbocycles. The SMILES string of the molecule is CCCCCCCCCCCCCCCCCCCCC(=O)O[C@H](COC(=O)CCCCCCCCCCCCC)COC(=O)CCCCCCCCCCCCCC. The lowest BCUT2D eigenvalue weighted by molar-refractivity contribution is -0.167. The molecule has 0 heterocycles. The van der Waals surface area contributed by atoms with Gasteiger partial charge in [0.05, 0.1) is 0 Å². The summed E-state index contributed by atoms with van der Waals surface area (Å²) in [4.78, 5) is 37.9. The summed E-state index contributed by atoms with van der Waals surface area (Å²) in [6.45, 7) is 6.68. The zero-order chi connectivity index (χ0) is 43.0. The second kappa shape index (κ2) is 49.1. The van der Waals surface area contributed by atoms with E-state index in [9.17, 15) is 14.4 Å². The number of hydrogen-bond donors (Lipinski definition) is 0. The van der Waals surface area contributed by atoms with Gasteiger partial charge in [0.2, 0.25) is 0 Å². The maximum atomic E-state index is 12.8. The zero-order valence-corrected chi connectivity index (χ0v) is 40.1. The molecule has 0 aliphatic carbocycles. The van der Waals surface area contributed by atoms with Gasteiger partial charge in [-0.3, -0.25) is 14.4 Å². The van der Waals surface area contributed by atoms with Crippen LogP contribution in [0.25, 0.3) is 0 Å². The Morgan fingerprint density at radius 3 is 0.678 bits per heavy atom. The van der Waals surface area contributed by atoms with Gasteiger partial charge in [0, 0.05) is 19.3 Å². The number of esters is 3. The van der Waals surface area contributed by atoms with Crippen molar-refractivity contribution in [3.63, 3.8) is 0 Å². The van der Waals surface area contributed by atoms with E-state index in [2.05, 4.69) is 20.8 Å². The first-order valence-electron chi connectivity index (χ1n) is 26.5. The lowest BCUT2D eigenvalue weighted by Gasteiger charge is -2.18. The molecule has 0 aromatic heterocycles. The minimum absolute atomic E-state index is 0.0618. The summed E-state index contributed by atoms with van der Waals surface area (Å²) in [6, 6.07) is 0. The number of hydrogen-bond acceptors (Lipinski definition) is 6. The topological polar surface area (TPSA) is 78.9 Å². The summed E-state index contributed by atoms with van der Waals surface area (Å²) in [5, 5.41) is 0. The highest BCUT2D eigenvalue weighted by Crippen LogP contribution is 2.17. The molecule has 0 saturated heterocycles. The van der Waals surface area contributed by atoms with Crippen LogP contribution in [0.15, 0.2) is 0 Å². The first-order chi connectivity index (χ1) is 29.0. The highest BCUT2D eigenvalue weighted by atomic mass is 16.6. The molecule has 0 N–H and O–H groups in total. The first-order valence-corrected chi connectivity index (χ1v) is 26.5. The molecule has 0 spiro atoms. The molecule has 0 amide bonds. The van der Waals surface area contributed by atoms with Crippen LogP contribution in [-0.4, -0.2) is 37.2 Å². The Morgan fingerprint density at radius 2 is 0.458 bits per heavy atom. The summed E-state index contributed by atoms with van der Waals surface area (Å²) in [5.74, 6) is -0.841. The van der Waals surface area contributed by atoms with Crippen molar-refractivity contribution >= 4 is 17.9 Å². The monoisotopic (exact) mass is 835 g/mol. The van der Waals surface area contributed by atoms with Crippen LogP contribution in [0, 0.1) is 0 Å². The van der Waals surface area contributed by atoms with Crippen molar-refractivity contribution < 1.29 is 28.6 Å². The van der Waals surface area contributed by atoms with Crippen molar-refractivity contribution in [1.82, 2.24) is 0 Å². The van der Waals surface area contributed by atoms with E-state index in [-0.39, 0.29) is 31.1 Å². The molecular weight excluding hydrogens is 733 g/mol. The maximum absolute atomic E-state index is 12.8. The van der Waals surface area contributed by atoms with Gasteiger partial charge in [-0.05, 0) is 19.3 Å². The summed E-state index contributed by atoms with van der Waals surface area (Å²) in [5.41, 5.74) is 0. The van der Waals surface area contributed by atoms with Crippen molar-refractivity contribution in [1.29, 1.82) is 0 Å². The number of carbonyl (C=O) groups excluding carboxylic acids is 3. The highest BCUT2D eigenvalue weighted by molar-refractivity contribution is 5.71. The van der Waals surface area contributed by atoms with Crippen LogP contribution in [0.1, 0.15) is 303 Å². The molecule has 0 fully saturated rings. The van der Waals surface area contributed by atoms with Crippen LogP contribution in [0.2, 0.25) is 0 Å². The van der Waals surface area contributed by atoms with Crippen molar-refractivity contribution in [3.8, 4) is 0 Å². The molecule has 6 nitrogen and oxygen atoms in total. The summed E-state index contributed by atoms with van der Waals surface area (Å²) >= 11 is 0. The highest BCUT2D eigenvalue weighted by Gasteiger charge is 2.19. The zero-order valence-electron chi connectivity index (χ0n) is 40.1. The molecule has 6 heteroatoms. The second-order valence-electron chi connectivity index (χ2n) is 18.2. The summed E-state index contributed by atoms with van der Waals surface area (Å²) in [7, 11) is 0. The van der Waals surface area contributed by atoms with Crippen LogP contribution in [0.3, 0.4) is 0 Å². The fraction of sp³-hybridized carbons (Fsp3) is 0.943. The van der Waals surface area contributed by atoms with E-state index in [0.29, 0.717) is 19.3 Å². The van der Waals surface area contributed by atoms with E-state index in [1.165, 1.54) is 205 Å². The lowest BCUT2D eigenvalue weighted by Crippen LogP contribution is -2.30. The standard InChI is InChI=1S/C53H102O6/c1-4-7-10-13-16-19-22-24-25-26-27-28-29-32-35-38-41-44-47-53(56)59-50(48-57-51(54)45-42-39-36-33-30-21-18-15-12-9-6-3)49-58-52(55)46-43-40-37-34-31-23-20-17-14-11-8-5-2/h50H,4-49H2,1-3H3/t50-/m1/s1. The van der Waals surface area contributed by atoms with E-state index in [1.807, 2.05) is 0 Å². The summed E-state index contributed by atoms with van der Waals surface area (Å²) < 4.78 is 16.8. The Balaban J connectivity index is 4.26. The third-order valence-electron chi connectivity index (χ3n) is 12.1. The lowest BCUT2D eigenvalue weighted by atomic mass is 10.0. The van der Waals surface area contributed by atoms with Crippen LogP contribution in [0.4, 0.5) is 0 Å². The van der Waals surface area contributed by atoms with Gasteiger partial charge in [-0.2, -0.15) is 0 Å². The molecule has 0 bridgehead atoms. The van der Waals surface area contributed by atoms with Crippen molar-refractivity contribution in [2.24, 2.45) is 0 Å². The Labute approximate surface area is 368 Å². The minimum Gasteiger partial charge on any atom is -0.462 e. The van der Waals surface area contributed by atoms with E-state index < -0.39 is 6.10 Å². The van der Waals surface area contributed by atoms with E-state index in [1.54, 1.807) is 0 Å². The molecule has 0 aromatic rings. The average molecular weight is 835 g/mol. The van der Waals surface area contributed by atoms with Gasteiger partial charge in [-0.1, -0.05) is 265 Å². The number of carbonyl (C=O) groups is 3. The van der Waals surface area contributed by atoms with E-state index in [4.69, 9.17) is 14.2 Å². The predicted octanol–water partition coefficient (Wildman–Crippen LogP) is 17.2. The van der Waals surface area contributed by atoms with Crippen LogP contribution in [-0.2, 0) is 28.6 Å². The van der Waals surface area contributed by atoms with Crippen LogP contribution >= 0.6 is 0 Å². The maximum Gasteiger partial charge on any atom is 0.306 e. The van der Waals surface area contributed by atoms with Gasteiger partial charge < -0.3 is 14.2 Å². The van der Waals surface area contributed by atoms with Gasteiger partial charge in [0.1, 0.15) is 13.2 Å². The van der Waals surface area contributed by atoms with Crippen LogP contribution in [0.5, 0.6) is 0 Å². The smallest absolute Gasteiger partial charge is 0.306 e. The Morgan fingerprint density at radius 1 is 0.271 bits per heavy atom. The molecule has 0 radical (unpaired) electrons. The number of rotatable bonds is 49. The fourth-order valence-electron chi connectivity index (χ4n) is 8.09. The minimum atomic E-state index is -0.759. The fourth-order valence-corrected chi connectivity index (χ4v) is 8.09. The Bertz CT molecular complexity index is 874. The van der Waals surface area contributed by atoms with Crippen LogP contribution < -0.4 is 0 Å². The first kappa shape index (κ1) is 57.4. The average Bonchev–Trinajstić information content (AvgIpc) is 3.23. The van der Waals surface area contributed by atoms with E-state index >= 15 is 0 Å². The predicted molar refractivity (Wildman–Crippen MR) is 252 cm³/mol. The van der Waals surface area contributed by atoms with Gasteiger partial charge in [-0.15, -0.1) is 0 Å². The van der Waals surface area contributed by atoms with Gasteiger partial charge >= 0.3 is 17.9 Å². The Kier molecular flexibility index (Phi) is 47.7. The Hall–Kier alpha value is -1.59. The van der Waals surface area contributed by atoms with E-state index in [0.717, 1.165) is 57.8 Å². The molecule has 1 atom stereocenters. The molecule has 0 aliphatic heterocycles. The molecule has 0 aromatic carbocycles. The third-order valence-corrected chi connectivity index (χ3v) is 12.1. The van der Waals surface area contributed by atoms with Gasteiger partial charge in [0.15, 0.2) is 6.10 Å². The van der Waals surface area contributed by atoms with Gasteiger partial charge in [0.25, 0.3) is 0 Å². The van der Waals surface area contributed by atoms with Crippen molar-refractivity contribution in [2.75, 3.05) is 13.2 Å². The largest absolute Gasteiger partial charge is 0.462 e. The molecule has 0 rings (SSSR count).